The van der Waals surface area contributed by atoms with E-state index in [4.69, 9.17) is 0 Å². The first-order valence-electron chi connectivity index (χ1n) is 10.2. The van der Waals surface area contributed by atoms with Crippen molar-refractivity contribution in [3.8, 4) is 11.1 Å². The topological polar surface area (TPSA) is 57.7 Å². The molecule has 34 heavy (non-hydrogen) atoms. The number of piperazine rings is 1. The summed E-state index contributed by atoms with van der Waals surface area (Å²) in [6.07, 6.45) is -3.57. The molecule has 0 atom stereocenters. The van der Waals surface area contributed by atoms with Gasteiger partial charge in [-0.1, -0.05) is 6.07 Å². The fourth-order valence-electron chi connectivity index (χ4n) is 3.86. The number of hydrogen-bond acceptors (Lipinski definition) is 5. The number of thiophene rings is 1. The van der Waals surface area contributed by atoms with Gasteiger partial charge in [-0.2, -0.15) is 24.5 Å². The summed E-state index contributed by atoms with van der Waals surface area (Å²) in [5.74, 6) is -1.34. The molecule has 0 spiro atoms. The molecule has 1 amide bonds. The number of hydrogen-bond donors (Lipinski definition) is 0. The Morgan fingerprint density at radius 1 is 1.00 bits per heavy atom. The summed E-state index contributed by atoms with van der Waals surface area (Å²) < 4.78 is 77.0. The first-order valence-corrected chi connectivity index (χ1v) is 13.1. The molecule has 0 N–H and O–H groups in total. The minimum atomic E-state index is -4.63. The van der Waals surface area contributed by atoms with Crippen LogP contribution in [-0.4, -0.2) is 51.7 Å². The Hall–Kier alpha value is -2.92. The Morgan fingerprint density at radius 2 is 1.71 bits per heavy atom. The highest BCUT2D eigenvalue weighted by molar-refractivity contribution is 7.90. The normalized spacial score (nSPS) is 15.0. The van der Waals surface area contributed by atoms with Gasteiger partial charge >= 0.3 is 6.18 Å². The van der Waals surface area contributed by atoms with E-state index in [1.807, 2.05) is 16.8 Å². The smallest absolute Gasteiger partial charge is 0.366 e. The third kappa shape index (κ3) is 4.95. The highest BCUT2D eigenvalue weighted by Crippen LogP contribution is 2.33. The Morgan fingerprint density at radius 3 is 2.26 bits per heavy atom. The van der Waals surface area contributed by atoms with E-state index in [0.29, 0.717) is 11.6 Å². The molecule has 0 radical (unpaired) electrons. The van der Waals surface area contributed by atoms with Gasteiger partial charge in [0, 0.05) is 38.0 Å². The molecule has 3 aromatic rings. The van der Waals surface area contributed by atoms with Crippen molar-refractivity contribution in [3.05, 3.63) is 70.2 Å². The van der Waals surface area contributed by atoms with Crippen LogP contribution in [0.2, 0.25) is 0 Å². The van der Waals surface area contributed by atoms with Gasteiger partial charge in [-0.25, -0.2) is 12.8 Å². The van der Waals surface area contributed by atoms with Crippen LogP contribution in [0.5, 0.6) is 0 Å². The second-order valence-corrected chi connectivity index (χ2v) is 10.7. The maximum Gasteiger partial charge on any atom is 0.416 e. The summed E-state index contributed by atoms with van der Waals surface area (Å²) in [6.45, 7) is 0.831. The summed E-state index contributed by atoms with van der Waals surface area (Å²) in [5.41, 5.74) is 0.622. The minimum absolute atomic E-state index is 0.0280. The highest BCUT2D eigenvalue weighted by atomic mass is 32.2. The van der Waals surface area contributed by atoms with Gasteiger partial charge in [-0.15, -0.1) is 0 Å². The Bertz CT molecular complexity index is 1310. The average molecular weight is 513 g/mol. The van der Waals surface area contributed by atoms with Gasteiger partial charge in [0.05, 0.1) is 16.1 Å². The van der Waals surface area contributed by atoms with Crippen molar-refractivity contribution in [2.75, 3.05) is 37.3 Å². The van der Waals surface area contributed by atoms with Crippen LogP contribution in [0.3, 0.4) is 0 Å². The number of amides is 1. The molecule has 0 bridgehead atoms. The lowest BCUT2D eigenvalue weighted by Gasteiger charge is -2.36. The van der Waals surface area contributed by atoms with Crippen molar-refractivity contribution in [3.63, 3.8) is 0 Å². The average Bonchev–Trinajstić information content (AvgIpc) is 3.32. The van der Waals surface area contributed by atoms with Gasteiger partial charge < -0.3 is 9.80 Å². The van der Waals surface area contributed by atoms with Crippen molar-refractivity contribution in [1.82, 2.24) is 4.90 Å². The summed E-state index contributed by atoms with van der Waals surface area (Å²) in [5, 5.41) is 3.71. The predicted octanol–water partition coefficient (Wildman–Crippen LogP) is 4.94. The fourth-order valence-corrected chi connectivity index (χ4v) is 5.16. The molecule has 5 nitrogen and oxygen atoms in total. The number of nitrogens with zero attached hydrogens (tertiary/aromatic N) is 2. The third-order valence-corrected chi connectivity index (χ3v) is 7.46. The molecule has 1 saturated heterocycles. The molecule has 1 fully saturated rings. The summed E-state index contributed by atoms with van der Waals surface area (Å²) >= 11 is 1.45. The van der Waals surface area contributed by atoms with E-state index in [-0.39, 0.29) is 48.2 Å². The van der Waals surface area contributed by atoms with Gasteiger partial charge in [-0.05, 0) is 58.3 Å². The van der Waals surface area contributed by atoms with Crippen molar-refractivity contribution in [2.24, 2.45) is 0 Å². The molecule has 0 aliphatic carbocycles. The molecular formula is C23H20F4N2O3S2. The summed E-state index contributed by atoms with van der Waals surface area (Å²) in [7, 11) is -3.54. The van der Waals surface area contributed by atoms with Gasteiger partial charge in [0.1, 0.15) is 5.82 Å². The number of sulfone groups is 1. The second-order valence-electron chi connectivity index (χ2n) is 7.93. The number of rotatable bonds is 4. The Labute approximate surface area is 198 Å². The van der Waals surface area contributed by atoms with Crippen LogP contribution in [0.1, 0.15) is 15.9 Å². The SMILES string of the molecule is CS(=O)(=O)c1ccc(-c2ccsc2)c(C(=O)N2CCN(c3ccc(C(F)(F)F)cc3F)CC2)c1. The summed E-state index contributed by atoms with van der Waals surface area (Å²) in [6, 6.07) is 8.68. The molecule has 1 aromatic heterocycles. The van der Waals surface area contributed by atoms with Crippen molar-refractivity contribution in [1.29, 1.82) is 0 Å². The molecule has 2 aromatic carbocycles. The number of alkyl halides is 3. The maximum atomic E-state index is 14.4. The van der Waals surface area contributed by atoms with E-state index in [1.54, 1.807) is 11.0 Å². The number of halogens is 4. The largest absolute Gasteiger partial charge is 0.416 e. The highest BCUT2D eigenvalue weighted by Gasteiger charge is 2.32. The zero-order chi connectivity index (χ0) is 24.7. The van der Waals surface area contributed by atoms with E-state index >= 15 is 0 Å². The molecule has 180 valence electrons. The van der Waals surface area contributed by atoms with E-state index in [2.05, 4.69) is 0 Å². The Kier molecular flexibility index (Phi) is 6.43. The van der Waals surface area contributed by atoms with Crippen molar-refractivity contribution >= 4 is 32.8 Å². The molecule has 4 rings (SSSR count). The van der Waals surface area contributed by atoms with E-state index in [0.717, 1.165) is 24.0 Å². The van der Waals surface area contributed by atoms with Crippen molar-refractivity contribution in [2.45, 2.75) is 11.1 Å². The quantitative estimate of drug-likeness (QED) is 0.465. The third-order valence-electron chi connectivity index (χ3n) is 5.66. The molecule has 1 aliphatic rings. The van der Waals surface area contributed by atoms with Gasteiger partial charge in [0.15, 0.2) is 9.84 Å². The number of carbonyl (C=O) groups is 1. The molecule has 11 heteroatoms. The first-order chi connectivity index (χ1) is 15.9. The van der Waals surface area contributed by atoms with Crippen LogP contribution < -0.4 is 4.90 Å². The fraction of sp³-hybridized carbons (Fsp3) is 0.261. The first kappa shape index (κ1) is 24.2. The molecule has 1 aliphatic heterocycles. The van der Waals surface area contributed by atoms with E-state index < -0.39 is 27.4 Å². The molecule has 2 heterocycles. The standard InChI is InChI=1S/C23H20F4N2O3S2/c1-34(31,32)17-3-4-18(15-6-11-33-14-15)19(13-17)22(30)29-9-7-28(8-10-29)21-5-2-16(12-20(21)24)23(25,26)27/h2-6,11-14H,7-10H2,1H3. The molecule has 0 saturated carbocycles. The Balaban J connectivity index is 1.56. The lowest BCUT2D eigenvalue weighted by molar-refractivity contribution is -0.137. The van der Waals surface area contributed by atoms with Crippen LogP contribution in [0, 0.1) is 5.82 Å². The van der Waals surface area contributed by atoms with E-state index in [1.165, 1.54) is 28.4 Å². The molecule has 0 unspecified atom stereocenters. The van der Waals surface area contributed by atoms with Crippen LogP contribution in [0.4, 0.5) is 23.2 Å². The zero-order valence-electron chi connectivity index (χ0n) is 18.0. The number of benzene rings is 2. The van der Waals surface area contributed by atoms with Crippen LogP contribution in [0.25, 0.3) is 11.1 Å². The zero-order valence-corrected chi connectivity index (χ0v) is 19.6. The van der Waals surface area contributed by atoms with Gasteiger partial charge in [0.2, 0.25) is 0 Å². The number of anilines is 1. The van der Waals surface area contributed by atoms with Crippen LogP contribution >= 0.6 is 11.3 Å². The van der Waals surface area contributed by atoms with Crippen LogP contribution in [-0.2, 0) is 16.0 Å². The van der Waals surface area contributed by atoms with Crippen molar-refractivity contribution < 1.29 is 30.8 Å². The van der Waals surface area contributed by atoms with Gasteiger partial charge in [-0.3, -0.25) is 4.79 Å². The molecular weight excluding hydrogens is 492 g/mol. The summed E-state index contributed by atoms with van der Waals surface area (Å²) in [4.78, 5) is 16.5. The predicted molar refractivity (Wildman–Crippen MR) is 122 cm³/mol. The van der Waals surface area contributed by atoms with E-state index in [9.17, 15) is 30.8 Å². The van der Waals surface area contributed by atoms with Crippen LogP contribution in [0.15, 0.2) is 58.1 Å². The van der Waals surface area contributed by atoms with Gasteiger partial charge in [0.25, 0.3) is 5.91 Å². The second kappa shape index (κ2) is 9.03. The maximum absolute atomic E-state index is 14.4. The lowest BCUT2D eigenvalue weighted by Crippen LogP contribution is -2.49. The minimum Gasteiger partial charge on any atom is -0.366 e. The monoisotopic (exact) mass is 512 g/mol. The lowest BCUT2D eigenvalue weighted by atomic mass is 10.0. The number of carbonyl (C=O) groups excluding carboxylic acids is 1.